The highest BCUT2D eigenvalue weighted by Crippen LogP contribution is 2.17. The Balaban J connectivity index is 2.86. The Morgan fingerprint density at radius 3 is 2.23 bits per heavy atom. The molecule has 1 aliphatic heterocycles. The van der Waals surface area contributed by atoms with Gasteiger partial charge in [-0.1, -0.05) is 0 Å². The second-order valence-electron chi connectivity index (χ2n) is 2.87. The van der Waals surface area contributed by atoms with Crippen LogP contribution in [0.5, 0.6) is 0 Å². The zero-order valence-corrected chi connectivity index (χ0v) is 6.62. The average molecular weight is 190 g/mol. The van der Waals surface area contributed by atoms with E-state index in [0.717, 1.165) is 0 Å². The first-order valence-corrected chi connectivity index (χ1v) is 3.61. The lowest BCUT2D eigenvalue weighted by molar-refractivity contribution is -0.144. The maximum absolute atomic E-state index is 10.6. The summed E-state index contributed by atoms with van der Waals surface area (Å²) in [6, 6.07) is -2.29. The number of carboxylic acid groups (broad SMARTS) is 2. The van der Waals surface area contributed by atoms with Gasteiger partial charge in [0.1, 0.15) is 6.10 Å². The zero-order valence-electron chi connectivity index (χ0n) is 6.62. The van der Waals surface area contributed by atoms with Crippen molar-refractivity contribution >= 4 is 12.1 Å². The third-order valence-electron chi connectivity index (χ3n) is 2.00. The summed E-state index contributed by atoms with van der Waals surface area (Å²) in [5.41, 5.74) is 5.32. The average Bonchev–Trinajstić information content (AvgIpc) is 2.28. The molecular formula is C6H10N2O5. The summed E-state index contributed by atoms with van der Waals surface area (Å²) >= 11 is 0. The molecule has 0 saturated carbocycles. The number of aliphatic carboxylic acids is 1. The Bertz CT molecular complexity index is 243. The van der Waals surface area contributed by atoms with Crippen molar-refractivity contribution in [1.82, 2.24) is 4.90 Å². The number of aliphatic hydroxyl groups is 1. The number of rotatable bonds is 1. The summed E-state index contributed by atoms with van der Waals surface area (Å²) in [5, 5.41) is 26.4. The van der Waals surface area contributed by atoms with Crippen LogP contribution in [0.3, 0.4) is 0 Å². The maximum atomic E-state index is 10.6. The molecule has 13 heavy (non-hydrogen) atoms. The lowest BCUT2D eigenvalue weighted by Gasteiger charge is -2.18. The summed E-state index contributed by atoms with van der Waals surface area (Å²) in [4.78, 5) is 21.7. The van der Waals surface area contributed by atoms with Gasteiger partial charge in [-0.05, 0) is 0 Å². The van der Waals surface area contributed by atoms with E-state index in [1.807, 2.05) is 0 Å². The van der Waals surface area contributed by atoms with Gasteiger partial charge in [-0.15, -0.1) is 0 Å². The lowest BCUT2D eigenvalue weighted by Crippen LogP contribution is -2.45. The van der Waals surface area contributed by atoms with Gasteiger partial charge in [-0.25, -0.2) is 9.59 Å². The third kappa shape index (κ3) is 1.56. The van der Waals surface area contributed by atoms with E-state index < -0.39 is 30.3 Å². The molecule has 0 spiro atoms. The quantitative estimate of drug-likeness (QED) is 0.383. The van der Waals surface area contributed by atoms with Crippen molar-refractivity contribution in [3.63, 3.8) is 0 Å². The van der Waals surface area contributed by atoms with E-state index in [2.05, 4.69) is 0 Å². The van der Waals surface area contributed by atoms with Crippen molar-refractivity contribution in [2.45, 2.75) is 18.2 Å². The molecular weight excluding hydrogens is 180 g/mol. The molecule has 74 valence electrons. The first-order valence-electron chi connectivity index (χ1n) is 3.61. The molecule has 0 aromatic carbocycles. The van der Waals surface area contributed by atoms with E-state index in [4.69, 9.17) is 15.9 Å². The second kappa shape index (κ2) is 3.19. The van der Waals surface area contributed by atoms with Gasteiger partial charge in [0, 0.05) is 6.54 Å². The van der Waals surface area contributed by atoms with Crippen LogP contribution in [0.25, 0.3) is 0 Å². The Morgan fingerprint density at radius 2 is 1.92 bits per heavy atom. The number of nitrogens with two attached hydrogens (primary N) is 1. The van der Waals surface area contributed by atoms with Gasteiger partial charge in [0.15, 0.2) is 6.04 Å². The summed E-state index contributed by atoms with van der Waals surface area (Å²) in [6.07, 6.45) is -2.73. The number of amides is 1. The van der Waals surface area contributed by atoms with Crippen LogP contribution in [0.15, 0.2) is 0 Å². The molecule has 0 aromatic rings. The van der Waals surface area contributed by atoms with Gasteiger partial charge >= 0.3 is 12.1 Å². The van der Waals surface area contributed by atoms with Gasteiger partial charge in [0.25, 0.3) is 0 Å². The predicted octanol–water partition coefficient (Wildman–Crippen LogP) is -1.88. The third-order valence-corrected chi connectivity index (χ3v) is 2.00. The smallest absolute Gasteiger partial charge is 0.408 e. The fourth-order valence-electron chi connectivity index (χ4n) is 1.34. The Hall–Kier alpha value is -1.34. The van der Waals surface area contributed by atoms with Crippen LogP contribution in [0.1, 0.15) is 0 Å². The SMILES string of the molecule is N[C@H]1CN(C(=O)O)[C@H](C(=O)O)[C@@H]1O. The van der Waals surface area contributed by atoms with Gasteiger partial charge in [-0.2, -0.15) is 0 Å². The summed E-state index contributed by atoms with van der Waals surface area (Å²) in [5.74, 6) is -1.39. The first-order chi connectivity index (χ1) is 5.95. The minimum Gasteiger partial charge on any atom is -0.480 e. The van der Waals surface area contributed by atoms with Gasteiger partial charge in [-0.3, -0.25) is 4.90 Å². The molecule has 1 rings (SSSR count). The van der Waals surface area contributed by atoms with Crippen LogP contribution in [0.2, 0.25) is 0 Å². The molecule has 0 radical (unpaired) electrons. The van der Waals surface area contributed by atoms with Gasteiger partial charge < -0.3 is 21.1 Å². The minimum atomic E-state index is -1.45. The van der Waals surface area contributed by atoms with E-state index in [1.165, 1.54) is 0 Å². The normalized spacial score (nSPS) is 33.4. The van der Waals surface area contributed by atoms with E-state index >= 15 is 0 Å². The summed E-state index contributed by atoms with van der Waals surface area (Å²) in [6.45, 7) is -0.159. The van der Waals surface area contributed by atoms with Gasteiger partial charge in [0.05, 0.1) is 6.04 Å². The van der Waals surface area contributed by atoms with Crippen LogP contribution >= 0.6 is 0 Å². The van der Waals surface area contributed by atoms with Crippen molar-refractivity contribution in [3.8, 4) is 0 Å². The van der Waals surface area contributed by atoms with Crippen molar-refractivity contribution in [1.29, 1.82) is 0 Å². The van der Waals surface area contributed by atoms with Crippen molar-refractivity contribution in [3.05, 3.63) is 0 Å². The molecule has 1 heterocycles. The highest BCUT2D eigenvalue weighted by molar-refractivity contribution is 5.81. The molecule has 0 unspecified atom stereocenters. The standard InChI is InChI=1S/C6H10N2O5/c7-2-1-8(6(12)13)3(4(2)9)5(10)11/h2-4,9H,1,7H2,(H,10,11)(H,12,13)/t2-,3-,4+/m0/s1. The van der Waals surface area contributed by atoms with E-state index in [9.17, 15) is 14.7 Å². The molecule has 7 heteroatoms. The number of hydrogen-bond donors (Lipinski definition) is 4. The first kappa shape index (κ1) is 9.75. The monoisotopic (exact) mass is 190 g/mol. The molecule has 1 saturated heterocycles. The number of nitrogens with zero attached hydrogens (tertiary/aromatic N) is 1. The second-order valence-corrected chi connectivity index (χ2v) is 2.87. The fraction of sp³-hybridized carbons (Fsp3) is 0.667. The van der Waals surface area contributed by atoms with Crippen molar-refractivity contribution in [2.24, 2.45) is 5.73 Å². The number of hydrogen-bond acceptors (Lipinski definition) is 4. The molecule has 1 amide bonds. The zero-order chi connectivity index (χ0) is 10.2. The predicted molar refractivity (Wildman–Crippen MR) is 40.1 cm³/mol. The Kier molecular flexibility index (Phi) is 2.39. The van der Waals surface area contributed by atoms with Crippen LogP contribution in [0, 0.1) is 0 Å². The number of carboxylic acids is 1. The van der Waals surface area contributed by atoms with E-state index in [-0.39, 0.29) is 6.54 Å². The van der Waals surface area contributed by atoms with Crippen molar-refractivity contribution < 1.29 is 24.9 Å². The van der Waals surface area contributed by atoms with E-state index in [1.54, 1.807) is 0 Å². The molecule has 1 fully saturated rings. The molecule has 5 N–H and O–H groups in total. The number of aliphatic hydroxyl groups excluding tert-OH is 1. The van der Waals surface area contributed by atoms with Crippen LogP contribution in [0.4, 0.5) is 4.79 Å². The van der Waals surface area contributed by atoms with Crippen LogP contribution in [-0.4, -0.2) is 57.0 Å². The lowest BCUT2D eigenvalue weighted by atomic mass is 10.1. The number of likely N-dealkylation sites (tertiary alicyclic amines) is 1. The minimum absolute atomic E-state index is 0.159. The van der Waals surface area contributed by atoms with Crippen LogP contribution in [-0.2, 0) is 4.79 Å². The molecule has 7 nitrogen and oxygen atoms in total. The highest BCUT2D eigenvalue weighted by Gasteiger charge is 2.45. The molecule has 0 aromatic heterocycles. The molecule has 0 aliphatic carbocycles. The maximum Gasteiger partial charge on any atom is 0.408 e. The fourth-order valence-corrected chi connectivity index (χ4v) is 1.34. The Morgan fingerprint density at radius 1 is 1.38 bits per heavy atom. The topological polar surface area (TPSA) is 124 Å². The molecule has 1 aliphatic rings. The van der Waals surface area contributed by atoms with Crippen LogP contribution < -0.4 is 5.73 Å². The molecule has 0 bridgehead atoms. The summed E-state index contributed by atoms with van der Waals surface area (Å²) in [7, 11) is 0. The largest absolute Gasteiger partial charge is 0.480 e. The highest BCUT2D eigenvalue weighted by atomic mass is 16.4. The van der Waals surface area contributed by atoms with Crippen molar-refractivity contribution in [2.75, 3.05) is 6.54 Å². The Labute approximate surface area is 73.4 Å². The van der Waals surface area contributed by atoms with Gasteiger partial charge in [0.2, 0.25) is 0 Å². The van der Waals surface area contributed by atoms with E-state index in [0.29, 0.717) is 4.90 Å². The summed E-state index contributed by atoms with van der Waals surface area (Å²) < 4.78 is 0. The number of carbonyl (C=O) groups is 2. The molecule has 3 atom stereocenters.